The molecule has 0 heterocycles. The SMILES string of the molecule is COc1ccc(NNC(C)OC)cc1. The molecule has 1 aromatic rings. The highest BCUT2D eigenvalue weighted by Crippen LogP contribution is 2.13. The molecule has 0 aromatic heterocycles. The van der Waals surface area contributed by atoms with Gasteiger partial charge in [0.15, 0.2) is 0 Å². The Morgan fingerprint density at radius 1 is 1.14 bits per heavy atom. The fraction of sp³-hybridized carbons (Fsp3) is 0.400. The van der Waals surface area contributed by atoms with Gasteiger partial charge in [-0.2, -0.15) is 0 Å². The van der Waals surface area contributed by atoms with Crippen LogP contribution in [0.2, 0.25) is 0 Å². The number of nitrogens with one attached hydrogen (secondary N) is 2. The van der Waals surface area contributed by atoms with Gasteiger partial charge in [-0.1, -0.05) is 0 Å². The molecule has 0 aliphatic rings. The molecular weight excluding hydrogens is 180 g/mol. The Morgan fingerprint density at radius 2 is 1.79 bits per heavy atom. The van der Waals surface area contributed by atoms with Crippen LogP contribution in [0.5, 0.6) is 5.75 Å². The van der Waals surface area contributed by atoms with Crippen LogP contribution in [0.15, 0.2) is 24.3 Å². The van der Waals surface area contributed by atoms with Crippen molar-refractivity contribution in [1.82, 2.24) is 5.43 Å². The van der Waals surface area contributed by atoms with Gasteiger partial charge in [0.25, 0.3) is 0 Å². The quantitative estimate of drug-likeness (QED) is 0.554. The molecule has 1 atom stereocenters. The van der Waals surface area contributed by atoms with Crippen molar-refractivity contribution < 1.29 is 9.47 Å². The van der Waals surface area contributed by atoms with Crippen LogP contribution in [-0.2, 0) is 4.74 Å². The van der Waals surface area contributed by atoms with Gasteiger partial charge < -0.3 is 14.9 Å². The second-order valence-corrected chi connectivity index (χ2v) is 2.88. The summed E-state index contributed by atoms with van der Waals surface area (Å²) in [6.45, 7) is 1.91. The summed E-state index contributed by atoms with van der Waals surface area (Å²) in [7, 11) is 3.29. The molecule has 4 heteroatoms. The van der Waals surface area contributed by atoms with E-state index in [0.29, 0.717) is 0 Å². The lowest BCUT2D eigenvalue weighted by Crippen LogP contribution is -2.32. The summed E-state index contributed by atoms with van der Waals surface area (Å²) in [5.74, 6) is 0.843. The molecule has 14 heavy (non-hydrogen) atoms. The molecule has 1 rings (SSSR count). The van der Waals surface area contributed by atoms with Crippen molar-refractivity contribution >= 4 is 5.69 Å². The third-order valence-electron chi connectivity index (χ3n) is 1.86. The lowest BCUT2D eigenvalue weighted by molar-refractivity contribution is 0.0962. The maximum Gasteiger partial charge on any atom is 0.121 e. The van der Waals surface area contributed by atoms with E-state index in [2.05, 4.69) is 10.9 Å². The first-order chi connectivity index (χ1) is 6.76. The number of hydrogen-bond acceptors (Lipinski definition) is 4. The normalized spacial score (nSPS) is 12.2. The summed E-state index contributed by atoms with van der Waals surface area (Å²) in [4.78, 5) is 0. The third-order valence-corrected chi connectivity index (χ3v) is 1.86. The molecule has 0 radical (unpaired) electrons. The van der Waals surface area contributed by atoms with Crippen LogP contribution in [0, 0.1) is 0 Å². The fourth-order valence-electron chi connectivity index (χ4n) is 0.918. The molecule has 0 fully saturated rings. The first-order valence-corrected chi connectivity index (χ1v) is 4.44. The van der Waals surface area contributed by atoms with E-state index in [0.717, 1.165) is 11.4 Å². The minimum absolute atomic E-state index is 0.0305. The average molecular weight is 196 g/mol. The highest BCUT2D eigenvalue weighted by atomic mass is 16.5. The van der Waals surface area contributed by atoms with Crippen LogP contribution in [0.1, 0.15) is 6.92 Å². The number of anilines is 1. The maximum atomic E-state index is 5.04. The molecule has 0 aliphatic carbocycles. The number of benzene rings is 1. The minimum atomic E-state index is -0.0305. The number of ether oxygens (including phenoxy) is 2. The van der Waals surface area contributed by atoms with Crippen molar-refractivity contribution in [2.24, 2.45) is 0 Å². The van der Waals surface area contributed by atoms with Crippen LogP contribution in [0.3, 0.4) is 0 Å². The van der Waals surface area contributed by atoms with Crippen LogP contribution < -0.4 is 15.6 Å². The zero-order chi connectivity index (χ0) is 10.4. The lowest BCUT2D eigenvalue weighted by Gasteiger charge is -2.13. The second-order valence-electron chi connectivity index (χ2n) is 2.88. The Kier molecular flexibility index (Phi) is 4.22. The van der Waals surface area contributed by atoms with Gasteiger partial charge in [-0.05, 0) is 31.2 Å². The van der Waals surface area contributed by atoms with Gasteiger partial charge in [0.05, 0.1) is 7.11 Å². The molecule has 4 nitrogen and oxygen atoms in total. The van der Waals surface area contributed by atoms with Crippen LogP contribution in [-0.4, -0.2) is 20.4 Å². The lowest BCUT2D eigenvalue weighted by atomic mass is 10.3. The maximum absolute atomic E-state index is 5.04. The summed E-state index contributed by atoms with van der Waals surface area (Å²) >= 11 is 0. The van der Waals surface area contributed by atoms with E-state index in [9.17, 15) is 0 Å². The van der Waals surface area contributed by atoms with Crippen LogP contribution in [0.25, 0.3) is 0 Å². The van der Waals surface area contributed by atoms with Crippen LogP contribution >= 0.6 is 0 Å². The van der Waals surface area contributed by atoms with Gasteiger partial charge in [-0.3, -0.25) is 0 Å². The van der Waals surface area contributed by atoms with E-state index in [1.807, 2.05) is 31.2 Å². The zero-order valence-corrected chi connectivity index (χ0v) is 8.70. The molecule has 0 spiro atoms. The Bertz CT molecular complexity index is 261. The summed E-state index contributed by atoms with van der Waals surface area (Å²) in [5.41, 5.74) is 6.96. The molecule has 0 amide bonds. The van der Waals surface area contributed by atoms with Gasteiger partial charge >= 0.3 is 0 Å². The molecule has 0 aliphatic heterocycles. The molecule has 0 saturated heterocycles. The van der Waals surface area contributed by atoms with Crippen LogP contribution in [0.4, 0.5) is 5.69 Å². The summed E-state index contributed by atoms with van der Waals surface area (Å²) < 4.78 is 10.1. The fourth-order valence-corrected chi connectivity index (χ4v) is 0.918. The number of hydrogen-bond donors (Lipinski definition) is 2. The van der Waals surface area contributed by atoms with Crippen molar-refractivity contribution in [1.29, 1.82) is 0 Å². The Balaban J connectivity index is 2.43. The van der Waals surface area contributed by atoms with Crippen molar-refractivity contribution in [2.45, 2.75) is 13.2 Å². The van der Waals surface area contributed by atoms with E-state index in [1.54, 1.807) is 14.2 Å². The summed E-state index contributed by atoms with van der Waals surface area (Å²) in [6.07, 6.45) is -0.0305. The minimum Gasteiger partial charge on any atom is -0.497 e. The molecule has 0 saturated carbocycles. The molecule has 1 unspecified atom stereocenters. The number of hydrazine groups is 1. The van der Waals surface area contributed by atoms with E-state index >= 15 is 0 Å². The van der Waals surface area contributed by atoms with E-state index in [4.69, 9.17) is 9.47 Å². The summed E-state index contributed by atoms with van der Waals surface area (Å²) in [5, 5.41) is 0. The predicted molar refractivity (Wildman–Crippen MR) is 56.2 cm³/mol. The van der Waals surface area contributed by atoms with E-state index in [1.165, 1.54) is 0 Å². The average Bonchev–Trinajstić information content (AvgIpc) is 2.26. The monoisotopic (exact) mass is 196 g/mol. The van der Waals surface area contributed by atoms with Crippen molar-refractivity contribution in [2.75, 3.05) is 19.6 Å². The highest BCUT2D eigenvalue weighted by Gasteiger charge is 1.97. The first-order valence-electron chi connectivity index (χ1n) is 4.44. The molecule has 2 N–H and O–H groups in total. The van der Waals surface area contributed by atoms with Crippen molar-refractivity contribution in [3.63, 3.8) is 0 Å². The van der Waals surface area contributed by atoms with E-state index in [-0.39, 0.29) is 6.23 Å². The predicted octanol–water partition coefficient (Wildman–Crippen LogP) is 1.60. The Morgan fingerprint density at radius 3 is 2.29 bits per heavy atom. The highest BCUT2D eigenvalue weighted by molar-refractivity contribution is 5.45. The van der Waals surface area contributed by atoms with Gasteiger partial charge in [-0.15, -0.1) is 0 Å². The molecular formula is C10H16N2O2. The topological polar surface area (TPSA) is 42.5 Å². The number of methoxy groups -OCH3 is 2. The molecule has 1 aromatic carbocycles. The number of rotatable bonds is 5. The zero-order valence-electron chi connectivity index (χ0n) is 8.70. The van der Waals surface area contributed by atoms with Gasteiger partial charge in [0, 0.05) is 12.8 Å². The summed E-state index contributed by atoms with van der Waals surface area (Å²) in [6, 6.07) is 7.63. The van der Waals surface area contributed by atoms with Crippen molar-refractivity contribution in [3.05, 3.63) is 24.3 Å². The smallest absolute Gasteiger partial charge is 0.121 e. The van der Waals surface area contributed by atoms with Gasteiger partial charge in [-0.25, -0.2) is 5.43 Å². The van der Waals surface area contributed by atoms with Gasteiger partial charge in [0.1, 0.15) is 12.0 Å². The van der Waals surface area contributed by atoms with Gasteiger partial charge in [0.2, 0.25) is 0 Å². The van der Waals surface area contributed by atoms with E-state index < -0.39 is 0 Å². The standard InChI is InChI=1S/C10H16N2O2/c1-8(13-2)11-12-9-4-6-10(14-3)7-5-9/h4-8,11-12H,1-3H3. The third kappa shape index (κ3) is 3.24. The molecule has 78 valence electrons. The Hall–Kier alpha value is -1.26. The first kappa shape index (κ1) is 10.8. The largest absolute Gasteiger partial charge is 0.497 e. The Labute approximate surface area is 84.2 Å². The second kappa shape index (κ2) is 5.47. The van der Waals surface area contributed by atoms with Crippen molar-refractivity contribution in [3.8, 4) is 5.75 Å². The molecule has 0 bridgehead atoms.